The number of hydrogen-bond acceptors (Lipinski definition) is 4. The Balaban J connectivity index is 2.26. The van der Waals surface area contributed by atoms with E-state index in [-0.39, 0.29) is 10.7 Å². The van der Waals surface area contributed by atoms with Gasteiger partial charge < -0.3 is 10.8 Å². The molecular formula is C16H13FN2O2S. The molecule has 1 aromatic heterocycles. The van der Waals surface area contributed by atoms with Crippen LogP contribution in [0.2, 0.25) is 0 Å². The number of benzene rings is 2. The number of fused-ring (bicyclic) bond motifs is 1. The zero-order valence-corrected chi connectivity index (χ0v) is 12.8. The number of rotatable bonds is 2. The van der Waals surface area contributed by atoms with Gasteiger partial charge in [-0.3, -0.25) is 0 Å². The number of aryl methyl sites for hydroxylation is 2. The summed E-state index contributed by atoms with van der Waals surface area (Å²) < 4.78 is 14.3. The number of hydrogen-bond donors (Lipinski definition) is 2. The van der Waals surface area contributed by atoms with Crippen molar-refractivity contribution in [2.75, 3.05) is 5.73 Å². The molecule has 0 amide bonds. The van der Waals surface area contributed by atoms with Gasteiger partial charge >= 0.3 is 5.97 Å². The Hall–Kier alpha value is -2.47. The molecule has 0 aliphatic heterocycles. The maximum Gasteiger partial charge on any atom is 0.347 e. The molecule has 3 aromatic rings. The van der Waals surface area contributed by atoms with Crippen LogP contribution in [-0.2, 0) is 0 Å². The van der Waals surface area contributed by atoms with Crippen molar-refractivity contribution in [2.45, 2.75) is 13.8 Å². The number of nitrogen functional groups attached to an aromatic ring is 1. The lowest BCUT2D eigenvalue weighted by molar-refractivity contribution is 0.0701. The average molecular weight is 316 g/mol. The number of thiazole rings is 1. The predicted octanol–water partition coefficient (Wildman–Crippen LogP) is 4.00. The molecule has 2 aromatic carbocycles. The van der Waals surface area contributed by atoms with Crippen LogP contribution >= 0.6 is 11.3 Å². The number of anilines is 1. The van der Waals surface area contributed by atoms with Gasteiger partial charge in [-0.05, 0) is 31.5 Å². The SMILES string of the molecule is Cc1ccc2c(N)cc(-c3nc(C)c(C(=O)O)s3)cc2c1F. The van der Waals surface area contributed by atoms with Gasteiger partial charge in [0.2, 0.25) is 0 Å². The van der Waals surface area contributed by atoms with Gasteiger partial charge in [0.05, 0.1) is 5.69 Å². The second kappa shape index (κ2) is 5.06. The van der Waals surface area contributed by atoms with Crippen LogP contribution in [0.1, 0.15) is 20.9 Å². The molecular weight excluding hydrogens is 303 g/mol. The second-order valence-corrected chi connectivity index (χ2v) is 6.09. The van der Waals surface area contributed by atoms with Crippen LogP contribution in [0.5, 0.6) is 0 Å². The van der Waals surface area contributed by atoms with Crippen molar-refractivity contribution in [3.63, 3.8) is 0 Å². The number of aromatic nitrogens is 1. The summed E-state index contributed by atoms with van der Waals surface area (Å²) in [5, 5.41) is 10.7. The van der Waals surface area contributed by atoms with Crippen molar-refractivity contribution in [3.8, 4) is 10.6 Å². The molecule has 0 fully saturated rings. The summed E-state index contributed by atoms with van der Waals surface area (Å²) in [6.07, 6.45) is 0. The molecule has 0 radical (unpaired) electrons. The van der Waals surface area contributed by atoms with E-state index < -0.39 is 5.97 Å². The fourth-order valence-corrected chi connectivity index (χ4v) is 3.27. The highest BCUT2D eigenvalue weighted by molar-refractivity contribution is 7.17. The number of carbonyl (C=O) groups is 1. The summed E-state index contributed by atoms with van der Waals surface area (Å²) in [4.78, 5) is 15.6. The Morgan fingerprint density at radius 1 is 1.27 bits per heavy atom. The highest BCUT2D eigenvalue weighted by atomic mass is 32.1. The fraction of sp³-hybridized carbons (Fsp3) is 0.125. The Kier molecular flexibility index (Phi) is 3.33. The first kappa shape index (κ1) is 14.5. The normalized spacial score (nSPS) is 11.0. The van der Waals surface area contributed by atoms with E-state index in [1.54, 1.807) is 38.1 Å². The minimum Gasteiger partial charge on any atom is -0.477 e. The molecule has 112 valence electrons. The molecule has 0 aliphatic carbocycles. The highest BCUT2D eigenvalue weighted by Gasteiger charge is 2.17. The maximum absolute atomic E-state index is 14.3. The summed E-state index contributed by atoms with van der Waals surface area (Å²) in [6.45, 7) is 3.33. The quantitative estimate of drug-likeness (QED) is 0.701. The van der Waals surface area contributed by atoms with Gasteiger partial charge in [-0.2, -0.15) is 0 Å². The Labute approximate surface area is 130 Å². The zero-order chi connectivity index (χ0) is 16.0. The van der Waals surface area contributed by atoms with Crippen molar-refractivity contribution >= 4 is 33.8 Å². The lowest BCUT2D eigenvalue weighted by atomic mass is 10.0. The van der Waals surface area contributed by atoms with Crippen molar-refractivity contribution in [2.24, 2.45) is 0 Å². The molecule has 4 nitrogen and oxygen atoms in total. The lowest BCUT2D eigenvalue weighted by Gasteiger charge is -2.08. The lowest BCUT2D eigenvalue weighted by Crippen LogP contribution is -1.94. The highest BCUT2D eigenvalue weighted by Crippen LogP contribution is 2.34. The van der Waals surface area contributed by atoms with E-state index in [1.165, 1.54) is 0 Å². The molecule has 1 heterocycles. The Morgan fingerprint density at radius 2 is 2.00 bits per heavy atom. The van der Waals surface area contributed by atoms with E-state index >= 15 is 0 Å². The number of carboxylic acid groups (broad SMARTS) is 1. The van der Waals surface area contributed by atoms with E-state index in [0.717, 1.165) is 11.3 Å². The summed E-state index contributed by atoms with van der Waals surface area (Å²) in [7, 11) is 0. The van der Waals surface area contributed by atoms with Crippen molar-refractivity contribution in [1.82, 2.24) is 4.98 Å². The van der Waals surface area contributed by atoms with Gasteiger partial charge in [-0.1, -0.05) is 12.1 Å². The molecule has 3 rings (SSSR count). The molecule has 0 aliphatic rings. The summed E-state index contributed by atoms with van der Waals surface area (Å²) in [6, 6.07) is 6.82. The van der Waals surface area contributed by atoms with Crippen LogP contribution in [-0.4, -0.2) is 16.1 Å². The van der Waals surface area contributed by atoms with Crippen molar-refractivity contribution in [3.05, 3.63) is 46.2 Å². The minimum absolute atomic E-state index is 0.179. The van der Waals surface area contributed by atoms with E-state index in [4.69, 9.17) is 10.8 Å². The first-order chi connectivity index (χ1) is 10.4. The van der Waals surface area contributed by atoms with Gasteiger partial charge in [0.25, 0.3) is 0 Å². The van der Waals surface area contributed by atoms with Crippen LogP contribution in [0.3, 0.4) is 0 Å². The zero-order valence-electron chi connectivity index (χ0n) is 12.0. The number of nitrogens with two attached hydrogens (primary N) is 1. The van der Waals surface area contributed by atoms with Gasteiger partial charge in [-0.15, -0.1) is 11.3 Å². The van der Waals surface area contributed by atoms with Crippen LogP contribution in [0.15, 0.2) is 24.3 Å². The molecule has 0 saturated heterocycles. The molecule has 22 heavy (non-hydrogen) atoms. The van der Waals surface area contributed by atoms with Crippen LogP contribution < -0.4 is 5.73 Å². The average Bonchev–Trinajstić information content (AvgIpc) is 2.85. The topological polar surface area (TPSA) is 76.2 Å². The molecule has 0 spiro atoms. The van der Waals surface area contributed by atoms with E-state index in [2.05, 4.69) is 4.98 Å². The summed E-state index contributed by atoms with van der Waals surface area (Å²) in [5.74, 6) is -1.34. The molecule has 6 heteroatoms. The maximum atomic E-state index is 14.3. The third-order valence-corrected chi connectivity index (χ3v) is 4.73. The molecule has 0 saturated carbocycles. The van der Waals surface area contributed by atoms with Gasteiger partial charge in [0, 0.05) is 22.0 Å². The second-order valence-electron chi connectivity index (χ2n) is 5.10. The van der Waals surface area contributed by atoms with Crippen LogP contribution in [0.25, 0.3) is 21.3 Å². The van der Waals surface area contributed by atoms with Crippen molar-refractivity contribution < 1.29 is 14.3 Å². The van der Waals surface area contributed by atoms with Gasteiger partial charge in [0.1, 0.15) is 15.7 Å². The van der Waals surface area contributed by atoms with E-state index in [9.17, 15) is 9.18 Å². The summed E-state index contributed by atoms with van der Waals surface area (Å²) in [5.41, 5.74) is 8.05. The molecule has 0 unspecified atom stereocenters. The number of carboxylic acids is 1. The largest absolute Gasteiger partial charge is 0.477 e. The van der Waals surface area contributed by atoms with Crippen molar-refractivity contribution in [1.29, 1.82) is 0 Å². The number of halogens is 1. The van der Waals surface area contributed by atoms with Gasteiger partial charge in [-0.25, -0.2) is 14.2 Å². The van der Waals surface area contributed by atoms with Crippen LogP contribution in [0.4, 0.5) is 10.1 Å². The Morgan fingerprint density at radius 3 is 2.64 bits per heavy atom. The molecule has 3 N–H and O–H groups in total. The number of nitrogens with zero attached hydrogens (tertiary/aromatic N) is 1. The summed E-state index contributed by atoms with van der Waals surface area (Å²) >= 11 is 1.06. The third kappa shape index (κ3) is 2.21. The predicted molar refractivity (Wildman–Crippen MR) is 85.9 cm³/mol. The van der Waals surface area contributed by atoms with Gasteiger partial charge in [0.15, 0.2) is 0 Å². The monoisotopic (exact) mass is 316 g/mol. The standard InChI is InChI=1S/C16H13FN2O2S/c1-7-3-4-10-11(13(7)17)5-9(6-12(10)18)15-19-8(2)14(22-15)16(20)21/h3-6H,18H2,1-2H3,(H,20,21). The van der Waals surface area contributed by atoms with Crippen LogP contribution in [0, 0.1) is 19.7 Å². The molecule has 0 atom stereocenters. The first-order valence-corrected chi connectivity index (χ1v) is 7.39. The Bertz CT molecular complexity index is 918. The first-order valence-electron chi connectivity index (χ1n) is 6.58. The number of aromatic carboxylic acids is 1. The molecule has 0 bridgehead atoms. The van der Waals surface area contributed by atoms with E-state index in [0.29, 0.717) is 38.3 Å². The fourth-order valence-electron chi connectivity index (χ4n) is 2.38. The smallest absolute Gasteiger partial charge is 0.347 e. The third-order valence-electron chi connectivity index (χ3n) is 3.53. The minimum atomic E-state index is -1.02. The van der Waals surface area contributed by atoms with E-state index in [1.807, 2.05) is 0 Å².